The van der Waals surface area contributed by atoms with Crippen molar-refractivity contribution in [3.05, 3.63) is 12.2 Å². The normalized spacial score (nSPS) is 13.8. The summed E-state index contributed by atoms with van der Waals surface area (Å²) in [5.41, 5.74) is 0. The summed E-state index contributed by atoms with van der Waals surface area (Å²) in [6, 6.07) is 0. The Morgan fingerprint density at radius 1 is 0.492 bits per heavy atom. The van der Waals surface area contributed by atoms with Crippen LogP contribution in [0.15, 0.2) is 12.2 Å². The maximum absolute atomic E-state index is 12.7. The van der Waals surface area contributed by atoms with Crippen LogP contribution in [0.5, 0.6) is 0 Å². The average molecular weight is 861 g/mol. The third-order valence-electron chi connectivity index (χ3n) is 10.9. The van der Waals surface area contributed by atoms with Crippen molar-refractivity contribution in [1.29, 1.82) is 0 Å². The molecule has 3 atom stereocenters. The summed E-state index contributed by atoms with van der Waals surface area (Å²) in [4.78, 5) is 35.1. The first-order valence-corrected chi connectivity index (χ1v) is 26.1. The zero-order chi connectivity index (χ0) is 43.3. The van der Waals surface area contributed by atoms with Gasteiger partial charge in [0.25, 0.3) is 0 Å². The van der Waals surface area contributed by atoms with Crippen LogP contribution in [0.1, 0.15) is 245 Å². The van der Waals surface area contributed by atoms with Gasteiger partial charge in [-0.2, -0.15) is 0 Å². The van der Waals surface area contributed by atoms with Gasteiger partial charge in [0, 0.05) is 12.8 Å². The van der Waals surface area contributed by atoms with Crippen LogP contribution in [0.4, 0.5) is 0 Å². The van der Waals surface area contributed by atoms with Gasteiger partial charge in [0.15, 0.2) is 6.10 Å². The monoisotopic (exact) mass is 861 g/mol. The number of aliphatic hydroxyl groups excluding tert-OH is 2. The Morgan fingerprint density at radius 2 is 0.831 bits per heavy atom. The van der Waals surface area contributed by atoms with E-state index in [0.717, 1.165) is 38.5 Å². The minimum absolute atomic E-state index is 0.188. The van der Waals surface area contributed by atoms with Crippen molar-refractivity contribution in [3.63, 3.8) is 0 Å². The molecule has 10 nitrogen and oxygen atoms in total. The molecule has 0 fully saturated rings. The lowest BCUT2D eigenvalue weighted by Gasteiger charge is -2.20. The van der Waals surface area contributed by atoms with Gasteiger partial charge in [-0.15, -0.1) is 0 Å². The molecule has 0 aromatic heterocycles. The van der Waals surface area contributed by atoms with Gasteiger partial charge in [-0.25, -0.2) is 4.57 Å². The van der Waals surface area contributed by atoms with E-state index in [1.807, 2.05) is 0 Å². The van der Waals surface area contributed by atoms with E-state index in [-0.39, 0.29) is 19.4 Å². The molecule has 350 valence electrons. The average Bonchev–Trinajstić information content (AvgIpc) is 3.22. The first-order chi connectivity index (χ1) is 28.7. The van der Waals surface area contributed by atoms with Crippen molar-refractivity contribution in [2.75, 3.05) is 26.4 Å². The second-order valence-electron chi connectivity index (χ2n) is 16.8. The van der Waals surface area contributed by atoms with Crippen LogP contribution in [-0.4, -0.2) is 65.7 Å². The number of unbranched alkanes of at least 4 members (excludes halogenated alkanes) is 31. The molecule has 0 aliphatic rings. The molecule has 0 heterocycles. The smallest absolute Gasteiger partial charge is 0.462 e. The quantitative estimate of drug-likeness (QED) is 0.0234. The summed E-state index contributed by atoms with van der Waals surface area (Å²) < 4.78 is 32.8. The fourth-order valence-corrected chi connectivity index (χ4v) is 7.90. The highest BCUT2D eigenvalue weighted by atomic mass is 31.2. The fraction of sp³-hybridized carbons (Fsp3) is 0.917. The second kappa shape index (κ2) is 44.8. The first-order valence-electron chi connectivity index (χ1n) is 24.6. The summed E-state index contributed by atoms with van der Waals surface area (Å²) in [5.74, 6) is -0.910. The predicted octanol–water partition coefficient (Wildman–Crippen LogP) is 13.6. The van der Waals surface area contributed by atoms with E-state index >= 15 is 0 Å². The zero-order valence-electron chi connectivity index (χ0n) is 38.2. The summed E-state index contributed by atoms with van der Waals surface area (Å²) in [7, 11) is -4.62. The SMILES string of the molecule is CCCCCCCC/C=C/CCCCCCCCCCCCCC(=O)O[C@H](COC(=O)CCCCCCCCCCCCCCCCC)COP(=O)(O)OC[C@@H](O)CO. The Morgan fingerprint density at radius 3 is 1.22 bits per heavy atom. The van der Waals surface area contributed by atoms with Crippen LogP contribution in [-0.2, 0) is 32.7 Å². The number of esters is 2. The molecule has 0 aliphatic heterocycles. The van der Waals surface area contributed by atoms with E-state index in [2.05, 4.69) is 26.0 Å². The third kappa shape index (κ3) is 44.6. The first kappa shape index (κ1) is 57.7. The molecule has 0 saturated carbocycles. The van der Waals surface area contributed by atoms with E-state index in [0.29, 0.717) is 12.8 Å². The van der Waals surface area contributed by atoms with Gasteiger partial charge in [-0.05, 0) is 38.5 Å². The molecule has 0 saturated heterocycles. The van der Waals surface area contributed by atoms with Crippen molar-refractivity contribution in [3.8, 4) is 0 Å². The highest BCUT2D eigenvalue weighted by Gasteiger charge is 2.27. The number of ether oxygens (including phenoxy) is 2. The molecule has 0 bridgehead atoms. The molecule has 0 rings (SSSR count). The highest BCUT2D eigenvalue weighted by molar-refractivity contribution is 7.47. The molecule has 3 N–H and O–H groups in total. The molecule has 1 unspecified atom stereocenters. The number of allylic oxidation sites excluding steroid dienone is 2. The number of hydrogen-bond acceptors (Lipinski definition) is 9. The number of rotatable bonds is 47. The molecule has 59 heavy (non-hydrogen) atoms. The molecule has 0 aromatic rings. The van der Waals surface area contributed by atoms with Crippen LogP contribution in [0.2, 0.25) is 0 Å². The number of aliphatic hydroxyl groups is 2. The van der Waals surface area contributed by atoms with Crippen molar-refractivity contribution in [2.45, 2.75) is 257 Å². The summed E-state index contributed by atoms with van der Waals surface area (Å²) in [6.07, 6.45) is 44.6. The molecule has 0 spiro atoms. The molecule has 0 aromatic carbocycles. The standard InChI is InChI=1S/C48H93O10P/c1-3-5-7-9-11-13-15-17-19-20-21-22-23-24-26-28-30-32-34-36-38-40-48(52)58-46(44-57-59(53,54)56-42-45(50)41-49)43-55-47(51)39-37-35-33-31-29-27-25-18-16-14-12-10-8-6-4-2/h17,19,45-46,49-50H,3-16,18,20-44H2,1-2H3,(H,53,54)/b19-17+/t45-,46+/m0/s1. The Labute approximate surface area is 362 Å². The van der Waals surface area contributed by atoms with E-state index in [1.54, 1.807) is 0 Å². The van der Waals surface area contributed by atoms with E-state index in [9.17, 15) is 24.2 Å². The summed E-state index contributed by atoms with van der Waals surface area (Å²) in [6.45, 7) is 2.42. The van der Waals surface area contributed by atoms with Gasteiger partial charge in [0.05, 0.1) is 19.8 Å². The van der Waals surface area contributed by atoms with Crippen LogP contribution in [0.25, 0.3) is 0 Å². The van der Waals surface area contributed by atoms with Crippen LogP contribution >= 0.6 is 7.82 Å². The largest absolute Gasteiger partial charge is 0.472 e. The number of carbonyl (C=O) groups is 2. The van der Waals surface area contributed by atoms with E-state index < -0.39 is 51.8 Å². The van der Waals surface area contributed by atoms with Crippen molar-refractivity contribution in [1.82, 2.24) is 0 Å². The van der Waals surface area contributed by atoms with Gasteiger partial charge in [0.1, 0.15) is 12.7 Å². The lowest BCUT2D eigenvalue weighted by molar-refractivity contribution is -0.161. The van der Waals surface area contributed by atoms with Crippen molar-refractivity contribution < 1.29 is 47.8 Å². The maximum atomic E-state index is 12.7. The van der Waals surface area contributed by atoms with Gasteiger partial charge in [0.2, 0.25) is 0 Å². The van der Waals surface area contributed by atoms with E-state index in [1.165, 1.54) is 167 Å². The minimum Gasteiger partial charge on any atom is -0.462 e. The van der Waals surface area contributed by atoms with Crippen LogP contribution in [0.3, 0.4) is 0 Å². The lowest BCUT2D eigenvalue weighted by Crippen LogP contribution is -2.29. The van der Waals surface area contributed by atoms with Crippen LogP contribution in [0, 0.1) is 0 Å². The van der Waals surface area contributed by atoms with Gasteiger partial charge in [-0.3, -0.25) is 18.6 Å². The molecular weight excluding hydrogens is 767 g/mol. The van der Waals surface area contributed by atoms with E-state index in [4.69, 9.17) is 23.6 Å². The summed E-state index contributed by atoms with van der Waals surface area (Å²) in [5, 5.41) is 18.4. The number of hydrogen-bond donors (Lipinski definition) is 3. The molecular formula is C48H93O10P. The molecule has 0 amide bonds. The number of phosphoric acid groups is 1. The predicted molar refractivity (Wildman–Crippen MR) is 242 cm³/mol. The van der Waals surface area contributed by atoms with Crippen LogP contribution < -0.4 is 0 Å². The number of phosphoric ester groups is 1. The Bertz CT molecular complexity index is 993. The van der Waals surface area contributed by atoms with Gasteiger partial charge >= 0.3 is 19.8 Å². The fourth-order valence-electron chi connectivity index (χ4n) is 7.11. The van der Waals surface area contributed by atoms with Gasteiger partial charge < -0.3 is 24.6 Å². The highest BCUT2D eigenvalue weighted by Crippen LogP contribution is 2.43. The third-order valence-corrected chi connectivity index (χ3v) is 11.9. The van der Waals surface area contributed by atoms with Crippen molar-refractivity contribution >= 4 is 19.8 Å². The Hall–Kier alpha value is -1.29. The Balaban J connectivity index is 4.16. The zero-order valence-corrected chi connectivity index (χ0v) is 39.1. The second-order valence-corrected chi connectivity index (χ2v) is 18.3. The number of carbonyl (C=O) groups excluding carboxylic acids is 2. The lowest BCUT2D eigenvalue weighted by atomic mass is 10.0. The maximum Gasteiger partial charge on any atom is 0.472 e. The molecule has 0 aliphatic carbocycles. The van der Waals surface area contributed by atoms with Crippen molar-refractivity contribution in [2.24, 2.45) is 0 Å². The Kier molecular flexibility index (Phi) is 43.8. The van der Waals surface area contributed by atoms with Gasteiger partial charge in [-0.1, -0.05) is 206 Å². The molecule has 0 radical (unpaired) electrons. The summed E-state index contributed by atoms with van der Waals surface area (Å²) >= 11 is 0. The topological polar surface area (TPSA) is 149 Å². The molecule has 11 heteroatoms. The minimum atomic E-state index is -4.62.